The standard InChI is InChI=1S/C8H10N4O3/c1-4-6(15-8(9)14)5-7(13)10-2-3-12(5)11-4/h2-3H2,1H3,(H2,9,14)(H,10,13). The highest BCUT2D eigenvalue weighted by molar-refractivity contribution is 5.96. The van der Waals surface area contributed by atoms with Gasteiger partial charge in [-0.15, -0.1) is 0 Å². The van der Waals surface area contributed by atoms with Gasteiger partial charge < -0.3 is 15.8 Å². The van der Waals surface area contributed by atoms with E-state index in [9.17, 15) is 9.59 Å². The summed E-state index contributed by atoms with van der Waals surface area (Å²) < 4.78 is 6.25. The molecule has 0 unspecified atom stereocenters. The monoisotopic (exact) mass is 210 g/mol. The van der Waals surface area contributed by atoms with Gasteiger partial charge in [0.1, 0.15) is 5.69 Å². The predicted molar refractivity (Wildman–Crippen MR) is 49.5 cm³/mol. The van der Waals surface area contributed by atoms with E-state index < -0.39 is 6.09 Å². The SMILES string of the molecule is Cc1nn2c(c1OC(N)=O)C(=O)NCC2. The highest BCUT2D eigenvalue weighted by Crippen LogP contribution is 2.24. The van der Waals surface area contributed by atoms with E-state index in [0.29, 0.717) is 18.8 Å². The number of hydrogen-bond donors (Lipinski definition) is 2. The first-order valence-electron chi connectivity index (χ1n) is 4.42. The molecule has 0 radical (unpaired) electrons. The molecule has 0 spiro atoms. The molecular formula is C8H10N4O3. The summed E-state index contributed by atoms with van der Waals surface area (Å²) >= 11 is 0. The van der Waals surface area contributed by atoms with Crippen LogP contribution in [0.3, 0.4) is 0 Å². The Balaban J connectivity index is 2.49. The number of fused-ring (bicyclic) bond motifs is 1. The molecule has 7 heteroatoms. The number of nitrogens with one attached hydrogen (secondary N) is 1. The second-order valence-electron chi connectivity index (χ2n) is 3.16. The summed E-state index contributed by atoms with van der Waals surface area (Å²) in [5, 5.41) is 6.71. The molecule has 0 atom stereocenters. The summed E-state index contributed by atoms with van der Waals surface area (Å²) in [5.41, 5.74) is 5.62. The van der Waals surface area contributed by atoms with Crippen molar-refractivity contribution in [3.63, 3.8) is 0 Å². The molecule has 0 saturated carbocycles. The minimum absolute atomic E-state index is 0.139. The van der Waals surface area contributed by atoms with Gasteiger partial charge >= 0.3 is 6.09 Å². The van der Waals surface area contributed by atoms with Crippen LogP contribution in [-0.4, -0.2) is 28.3 Å². The minimum Gasteiger partial charge on any atom is -0.406 e. The van der Waals surface area contributed by atoms with Gasteiger partial charge in [-0.2, -0.15) is 5.10 Å². The van der Waals surface area contributed by atoms with Gasteiger partial charge in [-0.25, -0.2) is 4.79 Å². The Morgan fingerprint density at radius 2 is 2.40 bits per heavy atom. The summed E-state index contributed by atoms with van der Waals surface area (Å²) in [5.74, 6) is -0.169. The van der Waals surface area contributed by atoms with Crippen LogP contribution in [0.2, 0.25) is 0 Å². The number of nitrogens with zero attached hydrogens (tertiary/aromatic N) is 2. The van der Waals surface area contributed by atoms with Crippen molar-refractivity contribution in [2.24, 2.45) is 5.73 Å². The van der Waals surface area contributed by atoms with E-state index in [1.54, 1.807) is 6.92 Å². The van der Waals surface area contributed by atoms with Crippen LogP contribution >= 0.6 is 0 Å². The van der Waals surface area contributed by atoms with Gasteiger partial charge in [-0.05, 0) is 6.92 Å². The maximum atomic E-state index is 11.5. The first-order chi connectivity index (χ1) is 7.09. The number of primary amides is 1. The molecule has 1 aromatic heterocycles. The molecule has 0 aromatic carbocycles. The zero-order chi connectivity index (χ0) is 11.0. The van der Waals surface area contributed by atoms with Crippen LogP contribution in [0.25, 0.3) is 0 Å². The molecule has 0 bridgehead atoms. The summed E-state index contributed by atoms with van der Waals surface area (Å²) in [6.45, 7) is 2.73. The van der Waals surface area contributed by atoms with Gasteiger partial charge in [-0.3, -0.25) is 9.48 Å². The van der Waals surface area contributed by atoms with Crippen LogP contribution in [-0.2, 0) is 6.54 Å². The van der Waals surface area contributed by atoms with Crippen molar-refractivity contribution in [2.75, 3.05) is 6.54 Å². The number of carbonyl (C=O) groups is 2. The number of ether oxygens (including phenoxy) is 1. The predicted octanol–water partition coefficient (Wildman–Crippen LogP) is -0.608. The van der Waals surface area contributed by atoms with E-state index >= 15 is 0 Å². The smallest absolute Gasteiger partial charge is 0.406 e. The van der Waals surface area contributed by atoms with Crippen molar-refractivity contribution in [3.05, 3.63) is 11.4 Å². The van der Waals surface area contributed by atoms with Crippen molar-refractivity contribution in [1.82, 2.24) is 15.1 Å². The van der Waals surface area contributed by atoms with E-state index in [1.165, 1.54) is 4.68 Å². The first-order valence-corrected chi connectivity index (χ1v) is 4.42. The van der Waals surface area contributed by atoms with Crippen LogP contribution in [0.4, 0.5) is 4.79 Å². The quantitative estimate of drug-likeness (QED) is 0.646. The molecule has 1 aliphatic rings. The minimum atomic E-state index is -0.952. The third-order valence-corrected chi connectivity index (χ3v) is 2.10. The highest BCUT2D eigenvalue weighted by Gasteiger charge is 2.26. The van der Waals surface area contributed by atoms with Crippen molar-refractivity contribution in [2.45, 2.75) is 13.5 Å². The fourth-order valence-corrected chi connectivity index (χ4v) is 1.53. The van der Waals surface area contributed by atoms with E-state index in [4.69, 9.17) is 10.5 Å². The lowest BCUT2D eigenvalue weighted by molar-refractivity contribution is 0.0921. The van der Waals surface area contributed by atoms with Crippen molar-refractivity contribution in [1.29, 1.82) is 0 Å². The Morgan fingerprint density at radius 3 is 3.07 bits per heavy atom. The summed E-state index contributed by atoms with van der Waals surface area (Å²) in [7, 11) is 0. The molecule has 80 valence electrons. The molecule has 15 heavy (non-hydrogen) atoms. The zero-order valence-electron chi connectivity index (χ0n) is 8.11. The number of amides is 2. The Hall–Kier alpha value is -2.05. The van der Waals surface area contributed by atoms with Crippen molar-refractivity contribution >= 4 is 12.0 Å². The van der Waals surface area contributed by atoms with Crippen LogP contribution < -0.4 is 15.8 Å². The summed E-state index contributed by atoms with van der Waals surface area (Å²) in [6, 6.07) is 0. The second-order valence-corrected chi connectivity index (χ2v) is 3.16. The number of rotatable bonds is 1. The van der Waals surface area contributed by atoms with Gasteiger partial charge in [0.25, 0.3) is 5.91 Å². The van der Waals surface area contributed by atoms with E-state index in [1.807, 2.05) is 0 Å². The van der Waals surface area contributed by atoms with E-state index in [-0.39, 0.29) is 17.4 Å². The third kappa shape index (κ3) is 1.51. The Labute approximate surface area is 85.2 Å². The maximum absolute atomic E-state index is 11.5. The molecule has 0 aliphatic carbocycles. The first kappa shape index (κ1) is 9.50. The molecule has 2 heterocycles. The number of carbonyl (C=O) groups excluding carboxylic acids is 2. The molecule has 2 amide bonds. The number of aromatic nitrogens is 2. The molecule has 0 fully saturated rings. The Morgan fingerprint density at radius 1 is 1.67 bits per heavy atom. The van der Waals surface area contributed by atoms with Gasteiger partial charge in [0.2, 0.25) is 0 Å². The Bertz CT molecular complexity index is 437. The highest BCUT2D eigenvalue weighted by atomic mass is 16.5. The third-order valence-electron chi connectivity index (χ3n) is 2.10. The van der Waals surface area contributed by atoms with Gasteiger partial charge in [0.05, 0.1) is 6.54 Å². The van der Waals surface area contributed by atoms with Gasteiger partial charge in [-0.1, -0.05) is 0 Å². The van der Waals surface area contributed by atoms with Crippen LogP contribution in [0, 0.1) is 6.92 Å². The molecule has 1 aliphatic heterocycles. The lowest BCUT2D eigenvalue weighted by atomic mass is 10.3. The maximum Gasteiger partial charge on any atom is 0.410 e. The number of nitrogens with two attached hydrogens (primary N) is 1. The van der Waals surface area contributed by atoms with E-state index in [0.717, 1.165) is 0 Å². The normalized spacial score (nSPS) is 14.3. The van der Waals surface area contributed by atoms with Crippen molar-refractivity contribution < 1.29 is 14.3 Å². The second kappa shape index (κ2) is 3.26. The van der Waals surface area contributed by atoms with Crippen LogP contribution in [0.1, 0.15) is 16.2 Å². The lowest BCUT2D eigenvalue weighted by Gasteiger charge is -2.14. The molecule has 2 rings (SSSR count). The topological polar surface area (TPSA) is 99.2 Å². The number of hydrogen-bond acceptors (Lipinski definition) is 4. The zero-order valence-corrected chi connectivity index (χ0v) is 8.11. The number of aryl methyl sites for hydroxylation is 1. The molecular weight excluding hydrogens is 200 g/mol. The summed E-state index contributed by atoms with van der Waals surface area (Å²) in [6.07, 6.45) is -0.952. The summed E-state index contributed by atoms with van der Waals surface area (Å²) in [4.78, 5) is 22.1. The molecule has 3 N–H and O–H groups in total. The van der Waals surface area contributed by atoms with Crippen LogP contribution in [0.15, 0.2) is 0 Å². The molecule has 7 nitrogen and oxygen atoms in total. The fraction of sp³-hybridized carbons (Fsp3) is 0.375. The average Bonchev–Trinajstić information content (AvgIpc) is 2.43. The fourth-order valence-electron chi connectivity index (χ4n) is 1.53. The van der Waals surface area contributed by atoms with E-state index in [2.05, 4.69) is 10.4 Å². The Kier molecular flexibility index (Phi) is 2.07. The van der Waals surface area contributed by atoms with Gasteiger partial charge in [0.15, 0.2) is 11.4 Å². The average molecular weight is 210 g/mol. The van der Waals surface area contributed by atoms with Gasteiger partial charge in [0, 0.05) is 6.54 Å². The largest absolute Gasteiger partial charge is 0.410 e. The van der Waals surface area contributed by atoms with Crippen molar-refractivity contribution in [3.8, 4) is 5.75 Å². The lowest BCUT2D eigenvalue weighted by Crippen LogP contribution is -2.36. The molecule has 1 aromatic rings. The molecule has 0 saturated heterocycles. The van der Waals surface area contributed by atoms with Crippen LogP contribution in [0.5, 0.6) is 5.75 Å².